The minimum absolute atomic E-state index is 0.165. The first-order valence-corrected chi connectivity index (χ1v) is 13.6. The molecule has 4 rings (SSSR count). The highest BCUT2D eigenvalue weighted by molar-refractivity contribution is 7.92. The third kappa shape index (κ3) is 5.29. The fraction of sp³-hybridized carbons (Fsp3) is 0.320. The van der Waals surface area contributed by atoms with Gasteiger partial charge in [-0.2, -0.15) is 0 Å². The minimum atomic E-state index is -3.72. The van der Waals surface area contributed by atoms with Crippen LogP contribution >= 0.6 is 11.3 Å². The minimum Gasteiger partial charge on any atom is -0.350 e. The van der Waals surface area contributed by atoms with Crippen LogP contribution in [0.25, 0.3) is 0 Å². The van der Waals surface area contributed by atoms with E-state index in [9.17, 15) is 13.2 Å². The molecule has 1 aromatic heterocycles. The molecule has 6 nitrogen and oxygen atoms in total. The van der Waals surface area contributed by atoms with E-state index < -0.39 is 10.0 Å². The number of likely N-dealkylation sites (tertiary alicyclic amines) is 1. The van der Waals surface area contributed by atoms with Crippen molar-refractivity contribution in [2.45, 2.75) is 30.7 Å². The Kier molecular flexibility index (Phi) is 7.47. The smallest absolute Gasteiger partial charge is 0.264 e. The SMILES string of the molecule is CCN(c1ccccc1)S(=O)(=O)c1ccc(C(=O)NC[C@@H](c2cccs2)N2CCCC2)cc1. The lowest BCUT2D eigenvalue weighted by Crippen LogP contribution is -2.36. The number of nitrogens with zero attached hydrogens (tertiary/aromatic N) is 2. The number of anilines is 1. The molecule has 1 aliphatic heterocycles. The molecule has 0 spiro atoms. The lowest BCUT2D eigenvalue weighted by atomic mass is 10.2. The summed E-state index contributed by atoms with van der Waals surface area (Å²) in [6.45, 7) is 4.73. The van der Waals surface area contributed by atoms with Crippen LogP contribution in [0.15, 0.2) is 77.0 Å². The molecule has 1 aliphatic rings. The van der Waals surface area contributed by atoms with Crippen molar-refractivity contribution in [3.05, 3.63) is 82.6 Å². The molecule has 0 bridgehead atoms. The Morgan fingerprint density at radius 2 is 1.73 bits per heavy atom. The Hall–Kier alpha value is -2.68. The number of amides is 1. The first-order valence-electron chi connectivity index (χ1n) is 11.2. The number of hydrogen-bond acceptors (Lipinski definition) is 5. The van der Waals surface area contributed by atoms with Gasteiger partial charge in [0.05, 0.1) is 16.6 Å². The van der Waals surface area contributed by atoms with Crippen molar-refractivity contribution in [1.29, 1.82) is 0 Å². The largest absolute Gasteiger partial charge is 0.350 e. The van der Waals surface area contributed by atoms with Crippen LogP contribution in [0.5, 0.6) is 0 Å². The molecule has 33 heavy (non-hydrogen) atoms. The van der Waals surface area contributed by atoms with Crippen molar-refractivity contribution in [3.63, 3.8) is 0 Å². The second kappa shape index (κ2) is 10.5. The maximum atomic E-state index is 13.2. The van der Waals surface area contributed by atoms with E-state index in [1.165, 1.54) is 34.2 Å². The van der Waals surface area contributed by atoms with Gasteiger partial charge in [-0.3, -0.25) is 14.0 Å². The van der Waals surface area contributed by atoms with Gasteiger partial charge in [0, 0.05) is 23.5 Å². The Morgan fingerprint density at radius 1 is 1.03 bits per heavy atom. The number of carbonyl (C=O) groups is 1. The first kappa shape index (κ1) is 23.5. The molecule has 2 aromatic carbocycles. The molecule has 1 fully saturated rings. The van der Waals surface area contributed by atoms with Crippen molar-refractivity contribution in [2.24, 2.45) is 0 Å². The highest BCUT2D eigenvalue weighted by Crippen LogP contribution is 2.28. The Morgan fingerprint density at radius 3 is 2.33 bits per heavy atom. The second-order valence-electron chi connectivity index (χ2n) is 8.01. The van der Waals surface area contributed by atoms with Crippen LogP contribution in [0, 0.1) is 0 Å². The topological polar surface area (TPSA) is 69.7 Å². The second-order valence-corrected chi connectivity index (χ2v) is 10.9. The predicted octanol–water partition coefficient (Wildman–Crippen LogP) is 4.53. The van der Waals surface area contributed by atoms with Crippen molar-refractivity contribution in [3.8, 4) is 0 Å². The molecule has 1 amide bonds. The third-order valence-electron chi connectivity index (χ3n) is 5.94. The van der Waals surface area contributed by atoms with Crippen molar-refractivity contribution >= 4 is 33.0 Å². The van der Waals surface area contributed by atoms with Crippen molar-refractivity contribution < 1.29 is 13.2 Å². The molecule has 1 saturated heterocycles. The van der Waals surface area contributed by atoms with Crippen LogP contribution in [-0.2, 0) is 10.0 Å². The number of carbonyl (C=O) groups excluding carboxylic acids is 1. The standard InChI is InChI=1S/C25H29N3O3S2/c1-2-28(21-9-4-3-5-10-21)33(30,31)22-14-12-20(13-15-22)25(29)26-19-23(24-11-8-18-32-24)27-16-6-7-17-27/h3-5,8-15,18,23H,2,6-7,16-17,19H2,1H3,(H,26,29)/t23-/m0/s1. The van der Waals surface area contributed by atoms with E-state index in [0.717, 1.165) is 13.1 Å². The first-order chi connectivity index (χ1) is 16.0. The third-order valence-corrected chi connectivity index (χ3v) is 8.84. The van der Waals surface area contributed by atoms with E-state index in [4.69, 9.17) is 0 Å². The van der Waals surface area contributed by atoms with E-state index in [2.05, 4.69) is 21.7 Å². The van der Waals surface area contributed by atoms with Crippen LogP contribution in [0.1, 0.15) is 41.0 Å². The number of rotatable bonds is 9. The van der Waals surface area contributed by atoms with Gasteiger partial charge in [0.2, 0.25) is 0 Å². The van der Waals surface area contributed by atoms with Gasteiger partial charge in [0.15, 0.2) is 0 Å². The van der Waals surface area contributed by atoms with E-state index in [1.54, 1.807) is 42.5 Å². The van der Waals surface area contributed by atoms with Gasteiger partial charge in [-0.1, -0.05) is 24.3 Å². The monoisotopic (exact) mass is 483 g/mol. The van der Waals surface area contributed by atoms with Crippen LogP contribution in [0.2, 0.25) is 0 Å². The van der Waals surface area contributed by atoms with Crippen molar-refractivity contribution in [2.75, 3.05) is 30.5 Å². The van der Waals surface area contributed by atoms with Gasteiger partial charge in [-0.25, -0.2) is 8.42 Å². The quantitative estimate of drug-likeness (QED) is 0.486. The van der Waals surface area contributed by atoms with Gasteiger partial charge < -0.3 is 5.32 Å². The fourth-order valence-corrected chi connectivity index (χ4v) is 6.56. The highest BCUT2D eigenvalue weighted by atomic mass is 32.2. The predicted molar refractivity (Wildman–Crippen MR) is 133 cm³/mol. The summed E-state index contributed by atoms with van der Waals surface area (Å²) in [6, 6.07) is 19.5. The summed E-state index contributed by atoms with van der Waals surface area (Å²) in [5.41, 5.74) is 1.06. The lowest BCUT2D eigenvalue weighted by molar-refractivity contribution is 0.0938. The molecule has 0 saturated carbocycles. The molecule has 1 atom stereocenters. The normalized spacial score (nSPS) is 15.3. The molecular formula is C25H29N3O3S2. The van der Waals surface area contributed by atoms with Gasteiger partial charge >= 0.3 is 0 Å². The Bertz CT molecular complexity index is 1140. The summed E-state index contributed by atoms with van der Waals surface area (Å²) in [5, 5.41) is 5.11. The van der Waals surface area contributed by atoms with Gasteiger partial charge in [-0.15, -0.1) is 11.3 Å². The van der Waals surface area contributed by atoms with Gasteiger partial charge in [0.1, 0.15) is 0 Å². The highest BCUT2D eigenvalue weighted by Gasteiger charge is 2.26. The van der Waals surface area contributed by atoms with Crippen LogP contribution in [0.3, 0.4) is 0 Å². The number of thiophene rings is 1. The van der Waals surface area contributed by atoms with Crippen LogP contribution in [-0.4, -0.2) is 45.4 Å². The van der Waals surface area contributed by atoms with Crippen LogP contribution < -0.4 is 9.62 Å². The molecule has 0 aliphatic carbocycles. The summed E-state index contributed by atoms with van der Waals surface area (Å²) in [6.07, 6.45) is 2.37. The lowest BCUT2D eigenvalue weighted by Gasteiger charge is -2.27. The summed E-state index contributed by atoms with van der Waals surface area (Å²) in [5.74, 6) is -0.199. The zero-order chi connectivity index (χ0) is 23.3. The summed E-state index contributed by atoms with van der Waals surface area (Å²) in [7, 11) is -3.72. The number of hydrogen-bond donors (Lipinski definition) is 1. The van der Waals surface area contributed by atoms with E-state index in [0.29, 0.717) is 24.3 Å². The summed E-state index contributed by atoms with van der Waals surface area (Å²) in [4.78, 5) is 16.7. The molecule has 1 N–H and O–H groups in total. The Balaban J connectivity index is 1.45. The van der Waals surface area contributed by atoms with Gasteiger partial charge in [0.25, 0.3) is 15.9 Å². The van der Waals surface area contributed by atoms with E-state index in [-0.39, 0.29) is 16.8 Å². The molecule has 8 heteroatoms. The zero-order valence-electron chi connectivity index (χ0n) is 18.7. The zero-order valence-corrected chi connectivity index (χ0v) is 20.3. The van der Waals surface area contributed by atoms with Crippen LogP contribution in [0.4, 0.5) is 5.69 Å². The van der Waals surface area contributed by atoms with Crippen molar-refractivity contribution in [1.82, 2.24) is 10.2 Å². The average Bonchev–Trinajstić information content (AvgIpc) is 3.55. The van der Waals surface area contributed by atoms with E-state index in [1.807, 2.05) is 24.3 Å². The average molecular weight is 484 g/mol. The summed E-state index contributed by atoms with van der Waals surface area (Å²) < 4.78 is 27.7. The molecular weight excluding hydrogens is 454 g/mol. The molecule has 0 radical (unpaired) electrons. The van der Waals surface area contributed by atoms with Gasteiger partial charge in [-0.05, 0) is 80.7 Å². The van der Waals surface area contributed by atoms with E-state index >= 15 is 0 Å². The maximum Gasteiger partial charge on any atom is 0.264 e. The number of benzene rings is 2. The maximum absolute atomic E-state index is 13.2. The molecule has 0 unspecified atom stereocenters. The number of sulfonamides is 1. The Labute approximate surface area is 199 Å². The number of para-hydroxylation sites is 1. The molecule has 174 valence electrons. The number of nitrogens with one attached hydrogen (secondary N) is 1. The summed E-state index contributed by atoms with van der Waals surface area (Å²) >= 11 is 1.71. The molecule has 2 heterocycles. The fourth-order valence-electron chi connectivity index (χ4n) is 4.23. The molecule has 3 aromatic rings.